The molecule has 3 heteroatoms. The Kier molecular flexibility index (Phi) is 2.50. The summed E-state index contributed by atoms with van der Waals surface area (Å²) in [5.74, 6) is 0. The van der Waals surface area contributed by atoms with Crippen molar-refractivity contribution in [2.45, 2.75) is 20.8 Å². The quantitative estimate of drug-likeness (QED) is 0.513. The van der Waals surface area contributed by atoms with Gasteiger partial charge in [0.2, 0.25) is 5.12 Å². The molecule has 0 saturated carbocycles. The van der Waals surface area contributed by atoms with Crippen molar-refractivity contribution in [1.82, 2.24) is 0 Å². The van der Waals surface area contributed by atoms with Gasteiger partial charge in [-0.15, -0.1) is 0 Å². The van der Waals surface area contributed by atoms with Crippen LogP contribution < -0.4 is 0 Å². The highest BCUT2D eigenvalue weighted by Gasteiger charge is 2.20. The zero-order valence-corrected chi connectivity index (χ0v) is 6.08. The monoisotopic (exact) mass is 134 g/mol. The lowest BCUT2D eigenvalue weighted by molar-refractivity contribution is -0.117. The highest BCUT2D eigenvalue weighted by molar-refractivity contribution is 8.08. The first-order valence-corrected chi connectivity index (χ1v) is 3.11. The third-order valence-electron chi connectivity index (χ3n) is 0.695. The van der Waals surface area contributed by atoms with Crippen LogP contribution >= 0.6 is 12.0 Å². The topological polar surface area (TPSA) is 37.3 Å². The van der Waals surface area contributed by atoms with E-state index in [0.717, 1.165) is 0 Å². The zero-order valence-electron chi connectivity index (χ0n) is 5.26. The molecule has 0 rings (SSSR count). The van der Waals surface area contributed by atoms with Crippen molar-refractivity contribution in [2.75, 3.05) is 0 Å². The van der Waals surface area contributed by atoms with Gasteiger partial charge < -0.3 is 4.55 Å². The van der Waals surface area contributed by atoms with Crippen molar-refractivity contribution >= 4 is 17.2 Å². The molecule has 0 heterocycles. The molecule has 0 radical (unpaired) electrons. The molecule has 1 N–H and O–H groups in total. The minimum absolute atomic E-state index is 0.197. The van der Waals surface area contributed by atoms with Crippen LogP contribution in [0.5, 0.6) is 0 Å². The average molecular weight is 134 g/mol. The molecule has 0 saturated heterocycles. The first kappa shape index (κ1) is 7.98. The molecule has 0 aromatic heterocycles. The van der Waals surface area contributed by atoms with E-state index < -0.39 is 5.41 Å². The van der Waals surface area contributed by atoms with E-state index in [0.29, 0.717) is 12.0 Å². The summed E-state index contributed by atoms with van der Waals surface area (Å²) in [5, 5.41) is -0.197. The Morgan fingerprint density at radius 1 is 1.50 bits per heavy atom. The zero-order chi connectivity index (χ0) is 6.78. The molecule has 0 bridgehead atoms. The van der Waals surface area contributed by atoms with Crippen molar-refractivity contribution in [3.63, 3.8) is 0 Å². The summed E-state index contributed by atoms with van der Waals surface area (Å²) in [6, 6.07) is 0. The molecule has 0 aromatic rings. The molecule has 0 unspecified atom stereocenters. The number of carbonyl (C=O) groups is 1. The fourth-order valence-electron chi connectivity index (χ4n) is 0.137. The van der Waals surface area contributed by atoms with Gasteiger partial charge in [0.1, 0.15) is 0 Å². The largest absolute Gasteiger partial charge is 0.323 e. The van der Waals surface area contributed by atoms with E-state index in [9.17, 15) is 4.79 Å². The minimum Gasteiger partial charge on any atom is -0.323 e. The summed E-state index contributed by atoms with van der Waals surface area (Å²) < 4.78 is 8.24. The highest BCUT2D eigenvalue weighted by Crippen LogP contribution is 2.19. The second kappa shape index (κ2) is 2.51. The number of hydrogen-bond acceptors (Lipinski definition) is 3. The Morgan fingerprint density at radius 2 is 1.88 bits per heavy atom. The standard InChI is InChI=1S/C5H10O2S/c1-5(2,3)4(6)8-7/h7H,1-3H3. The van der Waals surface area contributed by atoms with Crippen LogP contribution in [0.15, 0.2) is 0 Å². The van der Waals surface area contributed by atoms with Crippen LogP contribution in [0.2, 0.25) is 0 Å². The van der Waals surface area contributed by atoms with Crippen LogP contribution in [0, 0.1) is 5.41 Å². The molecule has 48 valence electrons. The van der Waals surface area contributed by atoms with Gasteiger partial charge in [0.05, 0.1) is 12.0 Å². The van der Waals surface area contributed by atoms with Crippen LogP contribution in [0.3, 0.4) is 0 Å². The highest BCUT2D eigenvalue weighted by atomic mass is 32.2. The molecule has 0 aliphatic rings. The van der Waals surface area contributed by atoms with Gasteiger partial charge in [-0.25, -0.2) is 0 Å². The lowest BCUT2D eigenvalue weighted by atomic mass is 10.00. The molecule has 0 spiro atoms. The Bertz CT molecular complexity index is 93.1. The van der Waals surface area contributed by atoms with Crippen LogP contribution in [0.25, 0.3) is 0 Å². The predicted molar refractivity (Wildman–Crippen MR) is 34.7 cm³/mol. The first-order valence-electron chi connectivity index (χ1n) is 2.34. The molecule has 0 fully saturated rings. The van der Waals surface area contributed by atoms with E-state index >= 15 is 0 Å². The van der Waals surface area contributed by atoms with Gasteiger partial charge >= 0.3 is 0 Å². The van der Waals surface area contributed by atoms with Gasteiger partial charge in [-0.3, -0.25) is 4.79 Å². The Labute approximate surface area is 53.5 Å². The summed E-state index contributed by atoms with van der Waals surface area (Å²) in [5.41, 5.74) is -0.417. The maximum atomic E-state index is 10.5. The van der Waals surface area contributed by atoms with Crippen LogP contribution in [-0.2, 0) is 4.79 Å². The summed E-state index contributed by atoms with van der Waals surface area (Å²) >= 11 is 0.293. The third-order valence-corrected chi connectivity index (χ3v) is 1.47. The molecule has 0 atom stereocenters. The average Bonchev–Trinajstić information content (AvgIpc) is 1.62. The fourth-order valence-corrected chi connectivity index (χ4v) is 0.411. The lowest BCUT2D eigenvalue weighted by Crippen LogP contribution is -2.15. The van der Waals surface area contributed by atoms with Gasteiger partial charge in [0, 0.05) is 5.41 Å². The van der Waals surface area contributed by atoms with E-state index in [4.69, 9.17) is 4.55 Å². The first-order chi connectivity index (χ1) is 3.48. The van der Waals surface area contributed by atoms with E-state index in [-0.39, 0.29) is 5.12 Å². The Hall–Kier alpha value is -0.0200. The smallest absolute Gasteiger partial charge is 0.220 e. The maximum Gasteiger partial charge on any atom is 0.220 e. The molecular weight excluding hydrogens is 124 g/mol. The molecule has 0 aliphatic heterocycles. The number of carbonyl (C=O) groups excluding carboxylic acids is 1. The molecule has 0 aromatic carbocycles. The van der Waals surface area contributed by atoms with Gasteiger partial charge in [0.15, 0.2) is 0 Å². The summed E-state index contributed by atoms with van der Waals surface area (Å²) in [6.45, 7) is 5.29. The van der Waals surface area contributed by atoms with Gasteiger partial charge in [-0.1, -0.05) is 20.8 Å². The second-order valence-corrected chi connectivity index (χ2v) is 3.18. The number of hydrogen-bond donors (Lipinski definition) is 1. The summed E-state index contributed by atoms with van der Waals surface area (Å²) in [6.07, 6.45) is 0. The molecule has 8 heavy (non-hydrogen) atoms. The van der Waals surface area contributed by atoms with Gasteiger partial charge in [-0.05, 0) is 0 Å². The summed E-state index contributed by atoms with van der Waals surface area (Å²) in [7, 11) is 0. The van der Waals surface area contributed by atoms with Crippen molar-refractivity contribution in [3.8, 4) is 0 Å². The maximum absolute atomic E-state index is 10.5. The normalized spacial score (nSPS) is 11.5. The predicted octanol–water partition coefficient (Wildman–Crippen LogP) is 1.77. The van der Waals surface area contributed by atoms with E-state index in [1.807, 2.05) is 0 Å². The molecule has 0 amide bonds. The van der Waals surface area contributed by atoms with E-state index in [2.05, 4.69) is 0 Å². The van der Waals surface area contributed by atoms with Crippen molar-refractivity contribution in [2.24, 2.45) is 5.41 Å². The van der Waals surface area contributed by atoms with Crippen molar-refractivity contribution in [1.29, 1.82) is 0 Å². The van der Waals surface area contributed by atoms with Crippen molar-refractivity contribution < 1.29 is 9.35 Å². The minimum atomic E-state index is -0.417. The lowest BCUT2D eigenvalue weighted by Gasteiger charge is -2.11. The molecule has 2 nitrogen and oxygen atoms in total. The number of rotatable bonds is 0. The second-order valence-electron chi connectivity index (χ2n) is 2.63. The van der Waals surface area contributed by atoms with Crippen molar-refractivity contribution in [3.05, 3.63) is 0 Å². The summed E-state index contributed by atoms with van der Waals surface area (Å²) in [4.78, 5) is 10.5. The van der Waals surface area contributed by atoms with Crippen LogP contribution in [0.1, 0.15) is 20.8 Å². The van der Waals surface area contributed by atoms with E-state index in [1.165, 1.54) is 0 Å². The molecule has 0 aliphatic carbocycles. The van der Waals surface area contributed by atoms with Gasteiger partial charge in [-0.2, -0.15) is 0 Å². The Morgan fingerprint density at radius 3 is 1.88 bits per heavy atom. The van der Waals surface area contributed by atoms with Gasteiger partial charge in [0.25, 0.3) is 0 Å². The third kappa shape index (κ3) is 2.33. The van der Waals surface area contributed by atoms with E-state index in [1.54, 1.807) is 20.8 Å². The Balaban J connectivity index is 3.82. The SMILES string of the molecule is CC(C)(C)C(=O)SO. The van der Waals surface area contributed by atoms with Crippen LogP contribution in [0.4, 0.5) is 0 Å². The fraction of sp³-hybridized carbons (Fsp3) is 0.800. The molecular formula is C5H10O2S. The van der Waals surface area contributed by atoms with Crippen LogP contribution in [-0.4, -0.2) is 9.67 Å².